The third kappa shape index (κ3) is 3.37. The van der Waals surface area contributed by atoms with E-state index in [4.69, 9.17) is 5.11 Å². The van der Waals surface area contributed by atoms with Gasteiger partial charge < -0.3 is 9.84 Å². The van der Waals surface area contributed by atoms with Crippen LogP contribution < -0.4 is 0 Å². The molecule has 4 heteroatoms. The number of aliphatic hydroxyl groups is 1. The molecule has 3 nitrogen and oxygen atoms in total. The smallest absolute Gasteiger partial charge is 0.317 e. The zero-order chi connectivity index (χ0) is 12.0. The number of aliphatic hydroxyl groups excluding tert-OH is 1. The number of ether oxygens (including phenoxy) is 1. The highest BCUT2D eigenvalue weighted by Gasteiger charge is 2.00. The number of rotatable bonds is 2. The fraction of sp³-hybridized carbons (Fsp3) is 0.250. The average molecular weight is 222 g/mol. The van der Waals surface area contributed by atoms with Gasteiger partial charge in [-0.1, -0.05) is 17.9 Å². The van der Waals surface area contributed by atoms with Crippen molar-refractivity contribution in [3.05, 3.63) is 35.1 Å². The minimum absolute atomic E-state index is 0.0577. The number of carbonyl (C=O) groups is 1. The molecule has 0 radical (unpaired) electrons. The molecule has 0 aliphatic rings. The Labute approximate surface area is 92.9 Å². The van der Waals surface area contributed by atoms with E-state index in [1.807, 2.05) is 0 Å². The number of halogens is 1. The van der Waals surface area contributed by atoms with E-state index in [0.717, 1.165) is 0 Å². The first-order valence-electron chi connectivity index (χ1n) is 4.62. The molecule has 16 heavy (non-hydrogen) atoms. The lowest BCUT2D eigenvalue weighted by Crippen LogP contribution is -1.97. The molecule has 0 atom stereocenters. The molecule has 0 aliphatic heterocycles. The van der Waals surface area contributed by atoms with Crippen molar-refractivity contribution in [3.8, 4) is 11.8 Å². The van der Waals surface area contributed by atoms with E-state index in [9.17, 15) is 9.18 Å². The fourth-order valence-corrected chi connectivity index (χ4v) is 1.09. The van der Waals surface area contributed by atoms with Crippen molar-refractivity contribution in [2.24, 2.45) is 0 Å². The molecular weight excluding hydrogens is 211 g/mol. The number of esters is 1. The van der Waals surface area contributed by atoms with Crippen LogP contribution in [0.5, 0.6) is 0 Å². The Morgan fingerprint density at radius 2 is 2.31 bits per heavy atom. The van der Waals surface area contributed by atoms with Crippen LogP contribution in [-0.2, 0) is 16.1 Å². The van der Waals surface area contributed by atoms with Gasteiger partial charge in [-0.05, 0) is 17.7 Å². The van der Waals surface area contributed by atoms with Gasteiger partial charge in [-0.15, -0.1) is 0 Å². The van der Waals surface area contributed by atoms with Gasteiger partial charge in [-0.2, -0.15) is 0 Å². The Kier molecular flexibility index (Phi) is 4.49. The van der Waals surface area contributed by atoms with E-state index in [2.05, 4.69) is 16.6 Å². The number of benzene rings is 1. The molecule has 0 aliphatic carbocycles. The number of hydrogen-bond donors (Lipinski definition) is 1. The van der Waals surface area contributed by atoms with Gasteiger partial charge >= 0.3 is 5.97 Å². The second-order valence-corrected chi connectivity index (χ2v) is 3.01. The molecule has 1 aromatic rings. The Hall–Kier alpha value is -1.86. The SMILES string of the molecule is COC(=O)CC#Cc1cc(F)ccc1CO. The molecule has 0 saturated carbocycles. The highest BCUT2D eigenvalue weighted by atomic mass is 19.1. The molecule has 0 spiro atoms. The normalized spacial score (nSPS) is 9.19. The molecular formula is C12H11FO3. The summed E-state index contributed by atoms with van der Waals surface area (Å²) in [5, 5.41) is 8.98. The van der Waals surface area contributed by atoms with Crippen molar-refractivity contribution < 1.29 is 19.0 Å². The molecule has 0 aromatic heterocycles. The highest BCUT2D eigenvalue weighted by molar-refractivity contribution is 5.72. The van der Waals surface area contributed by atoms with Crippen LogP contribution in [0.25, 0.3) is 0 Å². The number of hydrogen-bond acceptors (Lipinski definition) is 3. The van der Waals surface area contributed by atoms with E-state index < -0.39 is 11.8 Å². The maximum absolute atomic E-state index is 12.9. The van der Waals surface area contributed by atoms with Gasteiger partial charge in [-0.3, -0.25) is 4.79 Å². The third-order valence-corrected chi connectivity index (χ3v) is 1.93. The molecule has 0 heterocycles. The summed E-state index contributed by atoms with van der Waals surface area (Å²) in [7, 11) is 1.27. The first-order chi connectivity index (χ1) is 7.67. The average Bonchev–Trinajstić information content (AvgIpc) is 2.29. The second kappa shape index (κ2) is 5.89. The van der Waals surface area contributed by atoms with Crippen LogP contribution in [0.15, 0.2) is 18.2 Å². The maximum atomic E-state index is 12.9. The summed E-state index contributed by atoms with van der Waals surface area (Å²) in [5.41, 5.74) is 0.908. The highest BCUT2D eigenvalue weighted by Crippen LogP contribution is 2.10. The monoisotopic (exact) mass is 222 g/mol. The van der Waals surface area contributed by atoms with Crippen molar-refractivity contribution in [1.82, 2.24) is 0 Å². The summed E-state index contributed by atoms with van der Waals surface area (Å²) in [6, 6.07) is 3.92. The zero-order valence-corrected chi connectivity index (χ0v) is 8.79. The summed E-state index contributed by atoms with van der Waals surface area (Å²) < 4.78 is 17.3. The zero-order valence-electron chi connectivity index (χ0n) is 8.79. The first-order valence-corrected chi connectivity index (χ1v) is 4.62. The van der Waals surface area contributed by atoms with E-state index in [1.54, 1.807) is 0 Å². The van der Waals surface area contributed by atoms with Crippen LogP contribution in [0.3, 0.4) is 0 Å². The van der Waals surface area contributed by atoms with Gasteiger partial charge in [0, 0.05) is 5.56 Å². The van der Waals surface area contributed by atoms with Crippen LogP contribution in [0.2, 0.25) is 0 Å². The summed E-state index contributed by atoms with van der Waals surface area (Å²) in [5.74, 6) is 4.29. The van der Waals surface area contributed by atoms with Crippen LogP contribution in [-0.4, -0.2) is 18.2 Å². The fourth-order valence-electron chi connectivity index (χ4n) is 1.09. The minimum atomic E-state index is -0.450. The maximum Gasteiger partial charge on any atom is 0.317 e. The second-order valence-electron chi connectivity index (χ2n) is 3.01. The van der Waals surface area contributed by atoms with Crippen molar-refractivity contribution in [2.45, 2.75) is 13.0 Å². The minimum Gasteiger partial charge on any atom is -0.468 e. The van der Waals surface area contributed by atoms with Crippen LogP contribution in [0, 0.1) is 17.7 Å². The van der Waals surface area contributed by atoms with E-state index in [-0.39, 0.29) is 13.0 Å². The largest absolute Gasteiger partial charge is 0.468 e. The predicted octanol–water partition coefficient (Wildman–Crippen LogP) is 1.23. The van der Waals surface area contributed by atoms with E-state index >= 15 is 0 Å². The Morgan fingerprint density at radius 3 is 2.94 bits per heavy atom. The Bertz CT molecular complexity index is 443. The predicted molar refractivity (Wildman–Crippen MR) is 55.8 cm³/mol. The van der Waals surface area contributed by atoms with Crippen molar-refractivity contribution in [3.63, 3.8) is 0 Å². The summed E-state index contributed by atoms with van der Waals surface area (Å²) in [6.07, 6.45) is -0.0577. The molecule has 0 saturated heterocycles. The lowest BCUT2D eigenvalue weighted by molar-refractivity contribution is -0.139. The number of methoxy groups -OCH3 is 1. The molecule has 1 rings (SSSR count). The van der Waals surface area contributed by atoms with Crippen molar-refractivity contribution in [1.29, 1.82) is 0 Å². The Balaban J connectivity index is 2.86. The van der Waals surface area contributed by atoms with Gasteiger partial charge in [0.2, 0.25) is 0 Å². The van der Waals surface area contributed by atoms with Crippen LogP contribution in [0.4, 0.5) is 4.39 Å². The summed E-state index contributed by atoms with van der Waals surface area (Å²) >= 11 is 0. The van der Waals surface area contributed by atoms with Gasteiger partial charge in [0.15, 0.2) is 0 Å². The molecule has 0 unspecified atom stereocenters. The Morgan fingerprint density at radius 1 is 1.56 bits per heavy atom. The molecule has 0 fully saturated rings. The third-order valence-electron chi connectivity index (χ3n) is 1.93. The topological polar surface area (TPSA) is 46.5 Å². The summed E-state index contributed by atoms with van der Waals surface area (Å²) in [6.45, 7) is -0.220. The molecule has 1 N–H and O–H groups in total. The molecule has 1 aromatic carbocycles. The van der Waals surface area contributed by atoms with Gasteiger partial charge in [0.05, 0.1) is 13.7 Å². The van der Waals surface area contributed by atoms with Gasteiger partial charge in [0.25, 0.3) is 0 Å². The number of carbonyl (C=O) groups excluding carboxylic acids is 1. The van der Waals surface area contributed by atoms with Crippen LogP contribution >= 0.6 is 0 Å². The van der Waals surface area contributed by atoms with Crippen molar-refractivity contribution in [2.75, 3.05) is 7.11 Å². The van der Waals surface area contributed by atoms with E-state index in [0.29, 0.717) is 11.1 Å². The van der Waals surface area contributed by atoms with Gasteiger partial charge in [0.1, 0.15) is 12.2 Å². The first kappa shape index (κ1) is 12.2. The van der Waals surface area contributed by atoms with Crippen LogP contribution in [0.1, 0.15) is 17.5 Å². The quantitative estimate of drug-likeness (QED) is 0.604. The van der Waals surface area contributed by atoms with Gasteiger partial charge in [-0.25, -0.2) is 4.39 Å². The van der Waals surface area contributed by atoms with E-state index in [1.165, 1.54) is 25.3 Å². The summed E-state index contributed by atoms with van der Waals surface area (Å²) in [4.78, 5) is 10.8. The van der Waals surface area contributed by atoms with Crippen molar-refractivity contribution >= 4 is 5.97 Å². The standard InChI is InChI=1S/C12H11FO3/c1-16-12(15)4-2-3-9-7-11(13)6-5-10(9)8-14/h5-7,14H,4,8H2,1H3. The lowest BCUT2D eigenvalue weighted by Gasteiger charge is -1.99. The molecule has 84 valence electrons. The molecule has 0 amide bonds. The lowest BCUT2D eigenvalue weighted by atomic mass is 10.1. The molecule has 0 bridgehead atoms.